The topological polar surface area (TPSA) is 55.4 Å². The Labute approximate surface area is 154 Å². The Kier molecular flexibility index (Phi) is 7.15. The van der Waals surface area contributed by atoms with E-state index in [9.17, 15) is 18.4 Å². The number of hydrogen-bond acceptors (Lipinski definition) is 4. The lowest BCUT2D eigenvalue weighted by atomic mass is 10.1. The van der Waals surface area contributed by atoms with Crippen molar-refractivity contribution in [1.29, 1.82) is 0 Å². The molecule has 0 fully saturated rings. The second kappa shape index (κ2) is 9.33. The van der Waals surface area contributed by atoms with Crippen molar-refractivity contribution in [3.05, 3.63) is 59.2 Å². The van der Waals surface area contributed by atoms with E-state index < -0.39 is 23.5 Å². The lowest BCUT2D eigenvalue weighted by molar-refractivity contribution is -0.146. The number of carbonyl (C=O) groups excluding carboxylic acids is 2. The van der Waals surface area contributed by atoms with Crippen molar-refractivity contribution >= 4 is 29.3 Å². The molecule has 0 aromatic heterocycles. The zero-order valence-electron chi connectivity index (χ0n) is 14.5. The van der Waals surface area contributed by atoms with Crippen molar-refractivity contribution in [2.24, 2.45) is 0 Å². The Morgan fingerprint density at radius 1 is 1.08 bits per heavy atom. The van der Waals surface area contributed by atoms with Gasteiger partial charge >= 0.3 is 5.97 Å². The number of amides is 1. The number of halogens is 2. The summed E-state index contributed by atoms with van der Waals surface area (Å²) < 4.78 is 30.8. The van der Waals surface area contributed by atoms with Crippen LogP contribution in [-0.2, 0) is 14.3 Å². The standard InChI is InChI=1S/C19H19F2NO3S/c1-12-3-6-17(13(2)9-12)22-18(23)11-25-19(24)7-8-26-14-4-5-15(20)16(21)10-14/h3-6,9-10H,7-8,11H2,1-2H3,(H,22,23). The smallest absolute Gasteiger partial charge is 0.307 e. The van der Waals surface area contributed by atoms with Gasteiger partial charge in [-0.15, -0.1) is 11.8 Å². The lowest BCUT2D eigenvalue weighted by Gasteiger charge is -2.09. The first kappa shape index (κ1) is 19.9. The number of aryl methyl sites for hydroxylation is 2. The Hall–Kier alpha value is -2.41. The van der Waals surface area contributed by atoms with E-state index in [1.165, 1.54) is 17.8 Å². The molecular weight excluding hydrogens is 360 g/mol. The van der Waals surface area contributed by atoms with Gasteiger partial charge in [-0.2, -0.15) is 0 Å². The predicted octanol–water partition coefficient (Wildman–Crippen LogP) is 4.25. The Balaban J connectivity index is 1.70. The van der Waals surface area contributed by atoms with E-state index in [-0.39, 0.29) is 13.0 Å². The highest BCUT2D eigenvalue weighted by atomic mass is 32.2. The van der Waals surface area contributed by atoms with Crippen LogP contribution in [0.15, 0.2) is 41.3 Å². The molecule has 0 aliphatic rings. The molecule has 0 atom stereocenters. The number of esters is 1. The first-order valence-electron chi connectivity index (χ1n) is 7.95. The van der Waals surface area contributed by atoms with E-state index in [1.54, 1.807) is 6.07 Å². The Morgan fingerprint density at radius 3 is 2.54 bits per heavy atom. The number of thioether (sulfide) groups is 1. The van der Waals surface area contributed by atoms with Gasteiger partial charge in [0.05, 0.1) is 6.42 Å². The van der Waals surface area contributed by atoms with Crippen molar-refractivity contribution in [2.75, 3.05) is 17.7 Å². The number of ether oxygens (including phenoxy) is 1. The van der Waals surface area contributed by atoms with Crippen molar-refractivity contribution in [3.8, 4) is 0 Å². The number of hydrogen-bond donors (Lipinski definition) is 1. The van der Waals surface area contributed by atoms with Crippen LogP contribution in [0.1, 0.15) is 17.5 Å². The van der Waals surface area contributed by atoms with Crippen LogP contribution >= 0.6 is 11.8 Å². The van der Waals surface area contributed by atoms with E-state index in [2.05, 4.69) is 5.32 Å². The average Bonchev–Trinajstić information content (AvgIpc) is 2.59. The van der Waals surface area contributed by atoms with Crippen molar-refractivity contribution < 1.29 is 23.1 Å². The van der Waals surface area contributed by atoms with Gasteiger partial charge < -0.3 is 10.1 Å². The minimum Gasteiger partial charge on any atom is -0.456 e. The first-order valence-corrected chi connectivity index (χ1v) is 8.94. The highest BCUT2D eigenvalue weighted by Gasteiger charge is 2.10. The maximum atomic E-state index is 13.1. The molecule has 2 aromatic rings. The van der Waals surface area contributed by atoms with Crippen LogP contribution in [-0.4, -0.2) is 24.2 Å². The van der Waals surface area contributed by atoms with E-state index in [1.807, 2.05) is 26.0 Å². The summed E-state index contributed by atoms with van der Waals surface area (Å²) in [6.07, 6.45) is 0.0561. The lowest BCUT2D eigenvalue weighted by Crippen LogP contribution is -2.21. The zero-order chi connectivity index (χ0) is 19.1. The minimum absolute atomic E-state index is 0.0561. The molecule has 0 unspecified atom stereocenters. The summed E-state index contributed by atoms with van der Waals surface area (Å²) in [6.45, 7) is 3.46. The molecule has 0 heterocycles. The molecule has 2 aromatic carbocycles. The number of anilines is 1. The highest BCUT2D eigenvalue weighted by molar-refractivity contribution is 7.99. The van der Waals surface area contributed by atoms with E-state index >= 15 is 0 Å². The first-order chi connectivity index (χ1) is 12.3. The minimum atomic E-state index is -0.930. The summed E-state index contributed by atoms with van der Waals surface area (Å²) in [6, 6.07) is 9.16. The summed E-state index contributed by atoms with van der Waals surface area (Å²) >= 11 is 1.20. The van der Waals surface area contributed by atoms with E-state index in [0.717, 1.165) is 23.3 Å². The second-order valence-electron chi connectivity index (χ2n) is 5.70. The van der Waals surface area contributed by atoms with Crippen molar-refractivity contribution in [2.45, 2.75) is 25.2 Å². The van der Waals surface area contributed by atoms with E-state index in [4.69, 9.17) is 4.74 Å². The second-order valence-corrected chi connectivity index (χ2v) is 6.87. The molecule has 0 spiro atoms. The van der Waals surface area contributed by atoms with Gasteiger partial charge in [-0.05, 0) is 43.7 Å². The van der Waals surface area contributed by atoms with Crippen LogP contribution in [0.4, 0.5) is 14.5 Å². The molecule has 0 radical (unpaired) electrons. The van der Waals surface area contributed by atoms with Gasteiger partial charge in [0.25, 0.3) is 5.91 Å². The summed E-state index contributed by atoms with van der Waals surface area (Å²) in [5.41, 5.74) is 2.68. The molecule has 26 heavy (non-hydrogen) atoms. The fourth-order valence-corrected chi connectivity index (χ4v) is 3.03. The summed E-state index contributed by atoms with van der Waals surface area (Å²) in [4.78, 5) is 24.0. The van der Waals surface area contributed by atoms with Crippen molar-refractivity contribution in [3.63, 3.8) is 0 Å². The van der Waals surface area contributed by atoms with Gasteiger partial charge in [0.2, 0.25) is 0 Å². The zero-order valence-corrected chi connectivity index (χ0v) is 15.3. The number of carbonyl (C=O) groups is 2. The fraction of sp³-hybridized carbons (Fsp3) is 0.263. The largest absolute Gasteiger partial charge is 0.456 e. The normalized spacial score (nSPS) is 10.5. The van der Waals surface area contributed by atoms with Crippen LogP contribution in [0.25, 0.3) is 0 Å². The molecule has 0 bridgehead atoms. The molecule has 0 aliphatic heterocycles. The molecule has 7 heteroatoms. The predicted molar refractivity (Wildman–Crippen MR) is 97.2 cm³/mol. The average molecular weight is 379 g/mol. The van der Waals surface area contributed by atoms with Gasteiger partial charge in [-0.3, -0.25) is 9.59 Å². The number of benzene rings is 2. The van der Waals surface area contributed by atoms with Gasteiger partial charge in [-0.1, -0.05) is 17.7 Å². The Morgan fingerprint density at radius 2 is 1.85 bits per heavy atom. The monoisotopic (exact) mass is 379 g/mol. The maximum Gasteiger partial charge on any atom is 0.307 e. The SMILES string of the molecule is Cc1ccc(NC(=O)COC(=O)CCSc2ccc(F)c(F)c2)c(C)c1. The molecule has 0 saturated carbocycles. The third-order valence-electron chi connectivity index (χ3n) is 3.49. The summed E-state index contributed by atoms with van der Waals surface area (Å²) in [7, 11) is 0. The molecule has 138 valence electrons. The number of rotatable bonds is 7. The molecule has 1 N–H and O–H groups in total. The molecule has 0 aliphatic carbocycles. The van der Waals surface area contributed by atoms with Crippen molar-refractivity contribution in [1.82, 2.24) is 0 Å². The van der Waals surface area contributed by atoms with E-state index in [0.29, 0.717) is 16.3 Å². The van der Waals surface area contributed by atoms with Gasteiger partial charge in [0, 0.05) is 16.3 Å². The van der Waals surface area contributed by atoms with Crippen LogP contribution in [0, 0.1) is 25.5 Å². The molecule has 0 saturated heterocycles. The molecule has 2 rings (SSSR count). The molecule has 4 nitrogen and oxygen atoms in total. The van der Waals surface area contributed by atoms with Crippen LogP contribution in [0.2, 0.25) is 0 Å². The quantitative estimate of drug-likeness (QED) is 0.577. The summed E-state index contributed by atoms with van der Waals surface area (Å²) in [5, 5.41) is 2.69. The molecule has 1 amide bonds. The fourth-order valence-electron chi connectivity index (χ4n) is 2.18. The number of nitrogens with one attached hydrogen (secondary N) is 1. The van der Waals surface area contributed by atoms with Crippen LogP contribution < -0.4 is 5.32 Å². The van der Waals surface area contributed by atoms with Gasteiger partial charge in [0.1, 0.15) is 0 Å². The maximum absolute atomic E-state index is 13.1. The highest BCUT2D eigenvalue weighted by Crippen LogP contribution is 2.21. The van der Waals surface area contributed by atoms with Gasteiger partial charge in [-0.25, -0.2) is 8.78 Å². The Bertz CT molecular complexity index is 811. The van der Waals surface area contributed by atoms with Crippen LogP contribution in [0.5, 0.6) is 0 Å². The molecular formula is C19H19F2NO3S. The summed E-state index contributed by atoms with van der Waals surface area (Å²) in [5.74, 6) is -2.46. The van der Waals surface area contributed by atoms with Crippen LogP contribution in [0.3, 0.4) is 0 Å². The van der Waals surface area contributed by atoms with Gasteiger partial charge in [0.15, 0.2) is 18.2 Å². The third kappa shape index (κ3) is 6.15. The third-order valence-corrected chi connectivity index (χ3v) is 4.48.